The Kier molecular flexibility index (Phi) is 7.67. The molecule has 0 spiro atoms. The lowest BCUT2D eigenvalue weighted by Gasteiger charge is -2.37. The van der Waals surface area contributed by atoms with Gasteiger partial charge in [0.05, 0.1) is 17.5 Å². The van der Waals surface area contributed by atoms with Gasteiger partial charge in [0.1, 0.15) is 5.82 Å². The standard InChI is InChI=1S/C23H28FN5O2S2/c1-3-27-6-8-28(9-7-27)20-5-4-17(24)12-19(20)16(2)25-21(30)15-32-14-18-13-22(31)29-10-11-33-23(29)26-18/h4-5,10-13,16H,3,6-9,14-15H2,1-2H3,(H,25,30)/t16-/m0/s1. The number of carbonyl (C=O) groups excluding carboxylic acids is 1. The SMILES string of the molecule is CCN1CCN(c2ccc(F)cc2[C@H](C)NC(=O)CSCc2cc(=O)n3ccsc3n2)CC1. The van der Waals surface area contributed by atoms with Crippen molar-refractivity contribution in [2.24, 2.45) is 0 Å². The fourth-order valence-electron chi connectivity index (χ4n) is 4.04. The molecule has 0 bridgehead atoms. The Labute approximate surface area is 200 Å². The van der Waals surface area contributed by atoms with Gasteiger partial charge in [0, 0.05) is 60.8 Å². The van der Waals surface area contributed by atoms with Crippen LogP contribution >= 0.6 is 23.1 Å². The highest BCUT2D eigenvalue weighted by atomic mass is 32.2. The van der Waals surface area contributed by atoms with Gasteiger partial charge in [-0.05, 0) is 31.7 Å². The summed E-state index contributed by atoms with van der Waals surface area (Å²) in [5, 5.41) is 4.82. The van der Waals surface area contributed by atoms with Gasteiger partial charge in [-0.15, -0.1) is 23.1 Å². The summed E-state index contributed by atoms with van der Waals surface area (Å²) in [5.74, 6) is 0.263. The molecule has 4 rings (SSSR count). The lowest BCUT2D eigenvalue weighted by molar-refractivity contribution is -0.119. The van der Waals surface area contributed by atoms with Gasteiger partial charge in [-0.3, -0.25) is 14.0 Å². The number of halogens is 1. The molecule has 0 aliphatic carbocycles. The minimum atomic E-state index is -0.321. The Hall–Kier alpha value is -2.43. The molecule has 3 aromatic rings. The van der Waals surface area contributed by atoms with Gasteiger partial charge >= 0.3 is 0 Å². The first kappa shape index (κ1) is 23.7. The molecule has 176 valence electrons. The highest BCUT2D eigenvalue weighted by Crippen LogP contribution is 2.28. The number of benzene rings is 1. The number of thiazole rings is 1. The highest BCUT2D eigenvalue weighted by Gasteiger charge is 2.22. The zero-order valence-corrected chi connectivity index (χ0v) is 20.4. The smallest absolute Gasteiger partial charge is 0.258 e. The van der Waals surface area contributed by atoms with Gasteiger partial charge in [0.25, 0.3) is 5.56 Å². The van der Waals surface area contributed by atoms with E-state index in [4.69, 9.17) is 0 Å². The Morgan fingerprint density at radius 1 is 1.27 bits per heavy atom. The Bertz CT molecular complexity index is 1170. The van der Waals surface area contributed by atoms with Crippen molar-refractivity contribution >= 4 is 39.7 Å². The minimum absolute atomic E-state index is 0.117. The van der Waals surface area contributed by atoms with Gasteiger partial charge in [0.15, 0.2) is 4.96 Å². The molecule has 1 aliphatic heterocycles. The molecular formula is C23H28FN5O2S2. The second kappa shape index (κ2) is 10.7. The van der Waals surface area contributed by atoms with Crippen LogP contribution in [0.2, 0.25) is 0 Å². The van der Waals surface area contributed by atoms with Crippen LogP contribution in [0, 0.1) is 5.82 Å². The number of aromatic nitrogens is 2. The molecular weight excluding hydrogens is 461 g/mol. The van der Waals surface area contributed by atoms with Crippen molar-refractivity contribution < 1.29 is 9.18 Å². The molecule has 1 fully saturated rings. The first-order valence-electron chi connectivity index (χ1n) is 11.0. The van der Waals surface area contributed by atoms with Crippen molar-refractivity contribution in [2.45, 2.75) is 25.6 Å². The fraction of sp³-hybridized carbons (Fsp3) is 0.435. The fourth-order valence-corrected chi connectivity index (χ4v) is 5.50. The van der Waals surface area contributed by atoms with Gasteiger partial charge in [0.2, 0.25) is 5.91 Å². The summed E-state index contributed by atoms with van der Waals surface area (Å²) in [5.41, 5.74) is 2.30. The molecule has 3 heterocycles. The van der Waals surface area contributed by atoms with Crippen molar-refractivity contribution in [3.63, 3.8) is 0 Å². The van der Waals surface area contributed by atoms with E-state index in [2.05, 4.69) is 27.0 Å². The third kappa shape index (κ3) is 5.74. The summed E-state index contributed by atoms with van der Waals surface area (Å²) in [6.45, 7) is 8.77. The first-order valence-corrected chi connectivity index (χ1v) is 13.1. The predicted octanol–water partition coefficient (Wildman–Crippen LogP) is 3.15. The zero-order valence-electron chi connectivity index (χ0n) is 18.8. The van der Waals surface area contributed by atoms with Crippen molar-refractivity contribution in [3.8, 4) is 0 Å². The maximum atomic E-state index is 14.1. The van der Waals surface area contributed by atoms with E-state index >= 15 is 0 Å². The second-order valence-corrected chi connectivity index (χ2v) is 9.91. The molecule has 1 N–H and O–H groups in total. The third-order valence-electron chi connectivity index (χ3n) is 5.83. The molecule has 2 aromatic heterocycles. The Morgan fingerprint density at radius 3 is 2.82 bits per heavy atom. The van der Waals surface area contributed by atoms with Crippen LogP contribution in [-0.2, 0) is 10.5 Å². The summed E-state index contributed by atoms with van der Waals surface area (Å²) >= 11 is 2.80. The number of piperazine rings is 1. The van der Waals surface area contributed by atoms with Gasteiger partial charge in [-0.1, -0.05) is 6.92 Å². The Morgan fingerprint density at radius 2 is 2.06 bits per heavy atom. The molecule has 0 unspecified atom stereocenters. The van der Waals surface area contributed by atoms with Crippen LogP contribution in [0.1, 0.15) is 31.1 Å². The van der Waals surface area contributed by atoms with E-state index in [1.54, 1.807) is 6.20 Å². The molecule has 33 heavy (non-hydrogen) atoms. The lowest BCUT2D eigenvalue weighted by atomic mass is 10.0. The van der Waals surface area contributed by atoms with E-state index in [1.807, 2.05) is 18.4 Å². The van der Waals surface area contributed by atoms with E-state index in [0.717, 1.165) is 44.0 Å². The Balaban J connectivity index is 1.35. The zero-order chi connectivity index (χ0) is 23.4. The third-order valence-corrected chi connectivity index (χ3v) is 7.56. The number of carbonyl (C=O) groups is 1. The normalized spacial score (nSPS) is 15.7. The van der Waals surface area contributed by atoms with Crippen molar-refractivity contribution in [2.75, 3.05) is 43.4 Å². The van der Waals surface area contributed by atoms with Gasteiger partial charge < -0.3 is 15.1 Å². The van der Waals surface area contributed by atoms with Crippen LogP contribution in [-0.4, -0.2) is 58.7 Å². The van der Waals surface area contributed by atoms with Crippen molar-refractivity contribution in [1.29, 1.82) is 0 Å². The molecule has 1 aliphatic rings. The second-order valence-electron chi connectivity index (χ2n) is 8.05. The molecule has 1 atom stereocenters. The molecule has 0 saturated carbocycles. The predicted molar refractivity (Wildman–Crippen MR) is 133 cm³/mol. The summed E-state index contributed by atoms with van der Waals surface area (Å²) in [6.07, 6.45) is 1.70. The molecule has 1 amide bonds. The number of anilines is 1. The monoisotopic (exact) mass is 489 g/mol. The van der Waals surface area contributed by atoms with Crippen LogP contribution in [0.5, 0.6) is 0 Å². The van der Waals surface area contributed by atoms with Crippen LogP contribution in [0.25, 0.3) is 4.96 Å². The number of nitrogens with zero attached hydrogens (tertiary/aromatic N) is 4. The van der Waals surface area contributed by atoms with Crippen LogP contribution in [0.3, 0.4) is 0 Å². The average molecular weight is 490 g/mol. The molecule has 1 aromatic carbocycles. The summed E-state index contributed by atoms with van der Waals surface area (Å²) in [6, 6.07) is 6.00. The number of likely N-dealkylation sites (N-methyl/N-ethyl adjacent to an activating group) is 1. The number of hydrogen-bond donors (Lipinski definition) is 1. The molecule has 1 saturated heterocycles. The van der Waals surface area contributed by atoms with E-state index in [1.165, 1.54) is 45.7 Å². The van der Waals surface area contributed by atoms with Gasteiger partial charge in [-0.2, -0.15) is 0 Å². The van der Waals surface area contributed by atoms with Crippen molar-refractivity contribution in [3.05, 3.63) is 63.3 Å². The maximum Gasteiger partial charge on any atom is 0.258 e. The van der Waals surface area contributed by atoms with Gasteiger partial charge in [-0.25, -0.2) is 9.37 Å². The number of rotatable bonds is 8. The minimum Gasteiger partial charge on any atom is -0.369 e. The molecule has 7 nitrogen and oxygen atoms in total. The van der Waals surface area contributed by atoms with E-state index in [9.17, 15) is 14.0 Å². The largest absolute Gasteiger partial charge is 0.369 e. The summed E-state index contributed by atoms with van der Waals surface area (Å²) in [4.78, 5) is 34.4. The average Bonchev–Trinajstić information content (AvgIpc) is 3.28. The van der Waals surface area contributed by atoms with Crippen molar-refractivity contribution in [1.82, 2.24) is 19.6 Å². The summed E-state index contributed by atoms with van der Waals surface area (Å²) < 4.78 is 15.6. The van der Waals surface area contributed by atoms with E-state index < -0.39 is 0 Å². The van der Waals surface area contributed by atoms with Crippen LogP contribution in [0.15, 0.2) is 40.6 Å². The van der Waals surface area contributed by atoms with Crippen LogP contribution < -0.4 is 15.8 Å². The highest BCUT2D eigenvalue weighted by molar-refractivity contribution is 7.99. The number of fused-ring (bicyclic) bond motifs is 1. The molecule has 0 radical (unpaired) electrons. The quantitative estimate of drug-likeness (QED) is 0.524. The maximum absolute atomic E-state index is 14.1. The number of amides is 1. The topological polar surface area (TPSA) is 70.0 Å². The first-order chi connectivity index (χ1) is 15.9. The molecule has 10 heteroatoms. The number of hydrogen-bond acceptors (Lipinski definition) is 7. The number of nitrogens with one attached hydrogen (secondary N) is 1. The van der Waals surface area contributed by atoms with E-state index in [0.29, 0.717) is 16.4 Å². The summed E-state index contributed by atoms with van der Waals surface area (Å²) in [7, 11) is 0. The van der Waals surface area contributed by atoms with E-state index in [-0.39, 0.29) is 29.1 Å². The number of thioether (sulfide) groups is 1. The van der Waals surface area contributed by atoms with Crippen LogP contribution in [0.4, 0.5) is 10.1 Å². The lowest BCUT2D eigenvalue weighted by Crippen LogP contribution is -2.46.